The Balaban J connectivity index is 2.09. The zero-order chi connectivity index (χ0) is 10.8. The minimum Gasteiger partial charge on any atom is -0.399 e. The SMILES string of the molecule is Cc1ccc(N)cc1N(C)CC1CCC1. The molecule has 0 radical (unpaired) electrons. The fourth-order valence-electron chi connectivity index (χ4n) is 2.20. The third-order valence-corrected chi connectivity index (χ3v) is 3.40. The highest BCUT2D eigenvalue weighted by Crippen LogP contribution is 2.29. The van der Waals surface area contributed by atoms with Crippen molar-refractivity contribution in [3.63, 3.8) is 0 Å². The number of hydrogen-bond donors (Lipinski definition) is 1. The average Bonchev–Trinajstić information content (AvgIpc) is 2.15. The van der Waals surface area contributed by atoms with Crippen molar-refractivity contribution in [2.45, 2.75) is 26.2 Å². The zero-order valence-corrected chi connectivity index (χ0v) is 9.66. The van der Waals surface area contributed by atoms with E-state index in [0.717, 1.165) is 11.6 Å². The van der Waals surface area contributed by atoms with Gasteiger partial charge in [0.15, 0.2) is 0 Å². The van der Waals surface area contributed by atoms with Crippen LogP contribution in [-0.4, -0.2) is 13.6 Å². The van der Waals surface area contributed by atoms with Crippen LogP contribution in [0.2, 0.25) is 0 Å². The highest BCUT2D eigenvalue weighted by atomic mass is 15.1. The molecule has 2 N–H and O–H groups in total. The third kappa shape index (κ3) is 2.25. The maximum Gasteiger partial charge on any atom is 0.0414 e. The summed E-state index contributed by atoms with van der Waals surface area (Å²) in [5, 5.41) is 0. The van der Waals surface area contributed by atoms with Crippen LogP contribution >= 0.6 is 0 Å². The van der Waals surface area contributed by atoms with Crippen LogP contribution in [0.4, 0.5) is 11.4 Å². The molecule has 1 fully saturated rings. The number of rotatable bonds is 3. The number of nitrogens with zero attached hydrogens (tertiary/aromatic N) is 1. The summed E-state index contributed by atoms with van der Waals surface area (Å²) < 4.78 is 0. The number of anilines is 2. The van der Waals surface area contributed by atoms with Crippen LogP contribution in [0.15, 0.2) is 18.2 Å². The van der Waals surface area contributed by atoms with Crippen molar-refractivity contribution in [3.05, 3.63) is 23.8 Å². The Kier molecular flexibility index (Phi) is 2.85. The van der Waals surface area contributed by atoms with E-state index in [9.17, 15) is 0 Å². The Hall–Kier alpha value is -1.18. The molecule has 0 unspecified atom stereocenters. The standard InChI is InChI=1S/C13H20N2/c1-10-6-7-12(14)8-13(10)15(2)9-11-4-3-5-11/h6-8,11H,3-5,9,14H2,1-2H3. The molecule has 1 aromatic carbocycles. The van der Waals surface area contributed by atoms with Crippen LogP contribution in [0, 0.1) is 12.8 Å². The van der Waals surface area contributed by atoms with Gasteiger partial charge in [-0.3, -0.25) is 0 Å². The van der Waals surface area contributed by atoms with Gasteiger partial charge >= 0.3 is 0 Å². The normalized spacial score (nSPS) is 16.1. The lowest BCUT2D eigenvalue weighted by molar-refractivity contribution is 0.321. The van der Waals surface area contributed by atoms with Crippen LogP contribution in [0.3, 0.4) is 0 Å². The molecule has 1 aromatic rings. The highest BCUT2D eigenvalue weighted by Gasteiger charge is 2.19. The molecule has 1 aliphatic carbocycles. The second kappa shape index (κ2) is 4.13. The quantitative estimate of drug-likeness (QED) is 0.767. The first-order valence-electron chi connectivity index (χ1n) is 5.74. The van der Waals surface area contributed by atoms with E-state index >= 15 is 0 Å². The topological polar surface area (TPSA) is 29.3 Å². The molecular formula is C13H20N2. The summed E-state index contributed by atoms with van der Waals surface area (Å²) in [5.74, 6) is 0.899. The largest absolute Gasteiger partial charge is 0.399 e. The van der Waals surface area contributed by atoms with Crippen molar-refractivity contribution in [2.75, 3.05) is 24.2 Å². The number of benzene rings is 1. The van der Waals surface area contributed by atoms with Gasteiger partial charge in [-0.2, -0.15) is 0 Å². The minimum atomic E-state index is 0.857. The van der Waals surface area contributed by atoms with Crippen LogP contribution < -0.4 is 10.6 Å². The fraction of sp³-hybridized carbons (Fsp3) is 0.538. The van der Waals surface area contributed by atoms with Gasteiger partial charge in [-0.25, -0.2) is 0 Å². The van der Waals surface area contributed by atoms with Crippen molar-refractivity contribution in [1.82, 2.24) is 0 Å². The molecule has 2 rings (SSSR count). The van der Waals surface area contributed by atoms with Gasteiger partial charge in [0.25, 0.3) is 0 Å². The molecule has 15 heavy (non-hydrogen) atoms. The van der Waals surface area contributed by atoms with Gasteiger partial charge in [0, 0.05) is 25.0 Å². The molecule has 2 heteroatoms. The Morgan fingerprint density at radius 1 is 1.40 bits per heavy atom. The van der Waals surface area contributed by atoms with E-state index in [4.69, 9.17) is 5.73 Å². The van der Waals surface area contributed by atoms with Crippen LogP contribution in [0.1, 0.15) is 24.8 Å². The molecule has 1 aliphatic rings. The van der Waals surface area contributed by atoms with Gasteiger partial charge in [-0.05, 0) is 43.4 Å². The summed E-state index contributed by atoms with van der Waals surface area (Å²) in [6.07, 6.45) is 4.20. The van der Waals surface area contributed by atoms with Crippen molar-refractivity contribution in [1.29, 1.82) is 0 Å². The zero-order valence-electron chi connectivity index (χ0n) is 9.66. The first-order chi connectivity index (χ1) is 7.16. The van der Waals surface area contributed by atoms with Gasteiger partial charge in [-0.15, -0.1) is 0 Å². The first kappa shape index (κ1) is 10.3. The molecule has 0 saturated heterocycles. The molecular weight excluding hydrogens is 184 g/mol. The molecule has 2 nitrogen and oxygen atoms in total. The Morgan fingerprint density at radius 2 is 2.13 bits per heavy atom. The number of nitrogen functional groups attached to an aromatic ring is 1. The summed E-state index contributed by atoms with van der Waals surface area (Å²) >= 11 is 0. The van der Waals surface area contributed by atoms with E-state index in [1.807, 2.05) is 6.07 Å². The van der Waals surface area contributed by atoms with Gasteiger partial charge in [-0.1, -0.05) is 12.5 Å². The van der Waals surface area contributed by atoms with Crippen LogP contribution in [0.25, 0.3) is 0 Å². The first-order valence-corrected chi connectivity index (χ1v) is 5.74. The van der Waals surface area contributed by atoms with E-state index in [2.05, 4.69) is 31.0 Å². The summed E-state index contributed by atoms with van der Waals surface area (Å²) in [6, 6.07) is 6.14. The molecule has 0 aliphatic heterocycles. The van der Waals surface area contributed by atoms with Crippen molar-refractivity contribution >= 4 is 11.4 Å². The van der Waals surface area contributed by atoms with Gasteiger partial charge in [0.1, 0.15) is 0 Å². The summed E-state index contributed by atoms with van der Waals surface area (Å²) in [4.78, 5) is 2.34. The van der Waals surface area contributed by atoms with Crippen LogP contribution in [-0.2, 0) is 0 Å². The van der Waals surface area contributed by atoms with Gasteiger partial charge in [0.05, 0.1) is 0 Å². The number of nitrogens with two attached hydrogens (primary N) is 1. The van der Waals surface area contributed by atoms with Gasteiger partial charge < -0.3 is 10.6 Å². The van der Waals surface area contributed by atoms with E-state index in [1.54, 1.807) is 0 Å². The van der Waals surface area contributed by atoms with E-state index in [0.29, 0.717) is 0 Å². The molecule has 0 amide bonds. The average molecular weight is 204 g/mol. The third-order valence-electron chi connectivity index (χ3n) is 3.40. The smallest absolute Gasteiger partial charge is 0.0414 e. The molecule has 0 atom stereocenters. The van der Waals surface area contributed by atoms with Crippen molar-refractivity contribution < 1.29 is 0 Å². The Bertz CT molecular complexity index is 342. The summed E-state index contributed by atoms with van der Waals surface area (Å²) in [7, 11) is 2.17. The molecule has 1 saturated carbocycles. The molecule has 0 aromatic heterocycles. The molecule has 82 valence electrons. The van der Waals surface area contributed by atoms with E-state index < -0.39 is 0 Å². The van der Waals surface area contributed by atoms with Crippen LogP contribution in [0.5, 0.6) is 0 Å². The Labute approximate surface area is 92.1 Å². The second-order valence-corrected chi connectivity index (χ2v) is 4.72. The van der Waals surface area contributed by atoms with Crippen molar-refractivity contribution in [3.8, 4) is 0 Å². The maximum atomic E-state index is 5.82. The summed E-state index contributed by atoms with van der Waals surface area (Å²) in [6.45, 7) is 3.32. The molecule has 0 bridgehead atoms. The van der Waals surface area contributed by atoms with E-state index in [1.165, 1.54) is 37.1 Å². The second-order valence-electron chi connectivity index (χ2n) is 4.72. The predicted molar refractivity (Wildman–Crippen MR) is 66.2 cm³/mol. The van der Waals surface area contributed by atoms with Gasteiger partial charge in [0.2, 0.25) is 0 Å². The number of aryl methyl sites for hydroxylation is 1. The monoisotopic (exact) mass is 204 g/mol. The summed E-state index contributed by atoms with van der Waals surface area (Å²) in [5.41, 5.74) is 9.26. The highest BCUT2D eigenvalue weighted by molar-refractivity contribution is 5.60. The number of hydrogen-bond acceptors (Lipinski definition) is 2. The van der Waals surface area contributed by atoms with E-state index in [-0.39, 0.29) is 0 Å². The maximum absolute atomic E-state index is 5.82. The lowest BCUT2D eigenvalue weighted by Gasteiger charge is -2.32. The molecule has 0 heterocycles. The minimum absolute atomic E-state index is 0.857. The molecule has 0 spiro atoms. The fourth-order valence-corrected chi connectivity index (χ4v) is 2.20. The predicted octanol–water partition coefficient (Wildman–Crippen LogP) is 2.81. The lowest BCUT2D eigenvalue weighted by Crippen LogP contribution is -2.29. The lowest BCUT2D eigenvalue weighted by atomic mass is 9.85. The Morgan fingerprint density at radius 3 is 2.73 bits per heavy atom. The van der Waals surface area contributed by atoms with Crippen molar-refractivity contribution in [2.24, 2.45) is 5.92 Å².